The predicted molar refractivity (Wildman–Crippen MR) is 49.7 cm³/mol. The van der Waals surface area contributed by atoms with E-state index in [2.05, 4.69) is 11.3 Å². The van der Waals surface area contributed by atoms with Crippen molar-refractivity contribution in [1.29, 1.82) is 0 Å². The van der Waals surface area contributed by atoms with Gasteiger partial charge in [-0.1, -0.05) is 17.2 Å². The van der Waals surface area contributed by atoms with E-state index in [0.29, 0.717) is 16.4 Å². The Morgan fingerprint density at radius 3 is 3.08 bits per heavy atom. The Morgan fingerprint density at radius 1 is 1.75 bits per heavy atom. The number of hydrazine groups is 1. The average Bonchev–Trinajstić information content (AvgIpc) is 2.34. The molecule has 1 aromatic rings. The Hall–Kier alpha value is -0.760. The first-order valence-electron chi connectivity index (χ1n) is 3.11. The minimum absolute atomic E-state index is 0.470. The van der Waals surface area contributed by atoms with Gasteiger partial charge in [-0.05, 0) is 6.07 Å². The molecule has 1 heterocycles. The Labute approximate surface area is 78.6 Å². The smallest absolute Gasteiger partial charge is 0.106 e. The molecule has 0 aliphatic rings. The number of hydrogen-bond donors (Lipinski definition) is 2. The lowest BCUT2D eigenvalue weighted by Crippen LogP contribution is -2.07. The zero-order valence-corrected chi connectivity index (χ0v) is 7.60. The summed E-state index contributed by atoms with van der Waals surface area (Å²) in [6, 6.07) is 1.62. The number of rotatable bonds is 3. The highest BCUT2D eigenvalue weighted by atomic mass is 35.5. The monoisotopic (exact) mass is 204 g/mol. The fourth-order valence-electron chi connectivity index (χ4n) is 0.728. The summed E-state index contributed by atoms with van der Waals surface area (Å²) in [4.78, 5) is 0.858. The number of nitrogens with one attached hydrogen (secondary N) is 2. The lowest BCUT2D eigenvalue weighted by atomic mass is 10.3. The topological polar surface area (TPSA) is 24.1 Å². The van der Waals surface area contributed by atoms with Crippen molar-refractivity contribution < 1.29 is 4.48 Å². The summed E-state index contributed by atoms with van der Waals surface area (Å²) >= 11 is 7.10. The van der Waals surface area contributed by atoms with E-state index in [1.165, 1.54) is 17.0 Å². The molecule has 0 unspecified atom stereocenters. The Bertz CT molecular complexity index is 305. The summed E-state index contributed by atoms with van der Waals surface area (Å²) in [6.07, 6.45) is 5.57. The van der Waals surface area contributed by atoms with Crippen LogP contribution in [0.1, 0.15) is 4.88 Å². The molecule has 2 nitrogen and oxygen atoms in total. The van der Waals surface area contributed by atoms with Gasteiger partial charge in [0.1, 0.15) is 5.00 Å². The molecule has 0 saturated heterocycles. The summed E-state index contributed by atoms with van der Waals surface area (Å²) in [5.74, 6) is 2.46. The van der Waals surface area contributed by atoms with Crippen molar-refractivity contribution in [3.8, 4) is 12.3 Å². The van der Waals surface area contributed by atoms with E-state index in [-0.39, 0.29) is 0 Å². The first kappa shape index (κ1) is 9.33. The molecule has 0 amide bonds. The van der Waals surface area contributed by atoms with Crippen molar-refractivity contribution in [3.05, 3.63) is 16.0 Å². The van der Waals surface area contributed by atoms with Crippen LogP contribution >= 0.6 is 22.9 Å². The van der Waals surface area contributed by atoms with Crippen LogP contribution < -0.4 is 11.1 Å². The molecule has 1 aromatic heterocycles. The molecule has 0 spiro atoms. The third-order valence-electron chi connectivity index (χ3n) is 1.19. The third-order valence-corrected chi connectivity index (χ3v) is 2.69. The molecule has 12 heavy (non-hydrogen) atoms. The highest BCUT2D eigenvalue weighted by molar-refractivity contribution is 7.16. The molecule has 1 rings (SSSR count). The van der Waals surface area contributed by atoms with Crippen molar-refractivity contribution >= 4 is 27.9 Å². The fraction of sp³-hybridized carbons (Fsp3) is 0.143. The Morgan fingerprint density at radius 2 is 2.50 bits per heavy atom. The van der Waals surface area contributed by atoms with Crippen LogP contribution in [-0.4, -0.2) is 0 Å². The van der Waals surface area contributed by atoms with Gasteiger partial charge in [-0.25, -0.2) is 0 Å². The van der Waals surface area contributed by atoms with Gasteiger partial charge in [0, 0.05) is 11.3 Å². The molecule has 2 N–H and O–H groups in total. The average molecular weight is 205 g/mol. The SMILES string of the molecule is C#CCc1sc(NNF)cc1Cl. The van der Waals surface area contributed by atoms with Crippen molar-refractivity contribution in [1.82, 2.24) is 5.65 Å². The Kier molecular flexibility index (Phi) is 3.35. The third kappa shape index (κ3) is 2.11. The number of anilines is 1. The van der Waals surface area contributed by atoms with Crippen LogP contribution in [0.25, 0.3) is 0 Å². The molecule has 0 aliphatic heterocycles. The highest BCUT2D eigenvalue weighted by Crippen LogP contribution is 2.30. The van der Waals surface area contributed by atoms with Crippen LogP contribution in [-0.2, 0) is 6.42 Å². The van der Waals surface area contributed by atoms with Crippen molar-refractivity contribution in [3.63, 3.8) is 0 Å². The summed E-state index contributed by atoms with van der Waals surface area (Å²) in [5.41, 5.74) is 3.59. The molecule has 64 valence electrons. The molecular formula is C7H6ClFN2S. The standard InChI is InChI=1S/C7H6ClFN2S/c1-2-3-6-5(8)4-7(12-6)10-11-9/h1,4,10-11H,3H2. The van der Waals surface area contributed by atoms with E-state index in [9.17, 15) is 4.48 Å². The fourth-order valence-corrected chi connectivity index (χ4v) is 1.93. The second-order valence-electron chi connectivity index (χ2n) is 1.98. The predicted octanol–water partition coefficient (Wildman–Crippen LogP) is 2.38. The van der Waals surface area contributed by atoms with Gasteiger partial charge >= 0.3 is 0 Å². The van der Waals surface area contributed by atoms with E-state index < -0.39 is 0 Å². The highest BCUT2D eigenvalue weighted by Gasteiger charge is 2.04. The first-order valence-corrected chi connectivity index (χ1v) is 4.30. The zero-order chi connectivity index (χ0) is 8.97. The largest absolute Gasteiger partial charge is 0.285 e. The number of thiophene rings is 1. The van der Waals surface area contributed by atoms with Gasteiger partial charge < -0.3 is 0 Å². The van der Waals surface area contributed by atoms with Gasteiger partial charge in [-0.3, -0.25) is 5.43 Å². The molecule has 0 bridgehead atoms. The van der Waals surface area contributed by atoms with Gasteiger partial charge in [0.15, 0.2) is 0 Å². The van der Waals surface area contributed by atoms with Gasteiger partial charge in [0.05, 0.1) is 5.02 Å². The summed E-state index contributed by atoms with van der Waals surface area (Å²) < 4.78 is 11.6. The van der Waals surface area contributed by atoms with Gasteiger partial charge in [0.2, 0.25) is 0 Å². The van der Waals surface area contributed by atoms with Gasteiger partial charge in [-0.2, -0.15) is 0 Å². The van der Waals surface area contributed by atoms with Crippen LogP contribution in [0.5, 0.6) is 0 Å². The molecular weight excluding hydrogens is 199 g/mol. The molecule has 0 aliphatic carbocycles. The normalized spacial score (nSPS) is 9.42. The van der Waals surface area contributed by atoms with Gasteiger partial charge in [0.25, 0.3) is 0 Å². The second-order valence-corrected chi connectivity index (χ2v) is 3.53. The van der Waals surface area contributed by atoms with E-state index in [1.807, 2.05) is 0 Å². The van der Waals surface area contributed by atoms with Crippen molar-refractivity contribution in [2.45, 2.75) is 6.42 Å². The maximum atomic E-state index is 11.6. The van der Waals surface area contributed by atoms with Crippen LogP contribution in [0, 0.1) is 12.3 Å². The molecule has 5 heteroatoms. The summed E-state index contributed by atoms with van der Waals surface area (Å²) in [5, 5.41) is 1.17. The lowest BCUT2D eigenvalue weighted by Gasteiger charge is -1.92. The zero-order valence-electron chi connectivity index (χ0n) is 6.03. The first-order chi connectivity index (χ1) is 5.77. The minimum Gasteiger partial charge on any atom is -0.285 e. The van der Waals surface area contributed by atoms with Crippen LogP contribution in [0.15, 0.2) is 6.07 Å². The van der Waals surface area contributed by atoms with Crippen molar-refractivity contribution in [2.75, 3.05) is 5.43 Å². The van der Waals surface area contributed by atoms with Crippen LogP contribution in [0.2, 0.25) is 5.02 Å². The Balaban J connectivity index is 2.79. The van der Waals surface area contributed by atoms with E-state index in [0.717, 1.165) is 4.88 Å². The number of hydrogen-bond acceptors (Lipinski definition) is 3. The van der Waals surface area contributed by atoms with E-state index in [4.69, 9.17) is 18.0 Å². The maximum absolute atomic E-state index is 11.6. The number of halogens is 2. The lowest BCUT2D eigenvalue weighted by molar-refractivity contribution is 0.377. The summed E-state index contributed by atoms with van der Waals surface area (Å²) in [7, 11) is 0. The maximum Gasteiger partial charge on any atom is 0.106 e. The molecule has 0 aromatic carbocycles. The minimum atomic E-state index is 0.470. The van der Waals surface area contributed by atoms with Crippen LogP contribution in [0.4, 0.5) is 9.48 Å². The molecule has 0 radical (unpaired) electrons. The molecule has 0 fully saturated rings. The van der Waals surface area contributed by atoms with Gasteiger partial charge in [-0.15, -0.1) is 28.2 Å². The van der Waals surface area contributed by atoms with Crippen molar-refractivity contribution in [2.24, 2.45) is 0 Å². The van der Waals surface area contributed by atoms with Crippen LogP contribution in [0.3, 0.4) is 0 Å². The quantitative estimate of drug-likeness (QED) is 0.449. The molecule has 0 atom stereocenters. The van der Waals surface area contributed by atoms with E-state index in [1.54, 1.807) is 6.07 Å². The van der Waals surface area contributed by atoms with E-state index >= 15 is 0 Å². The summed E-state index contributed by atoms with van der Waals surface area (Å²) in [6.45, 7) is 0. The molecule has 0 saturated carbocycles. The second kappa shape index (κ2) is 4.31. The number of terminal acetylenes is 1.